The summed E-state index contributed by atoms with van der Waals surface area (Å²) in [6, 6.07) is 0. The molecule has 1 heteroatoms. The van der Waals surface area contributed by atoms with Crippen LogP contribution in [0.15, 0.2) is 36.5 Å². The van der Waals surface area contributed by atoms with Crippen LogP contribution in [0, 0.1) is 0 Å². The normalized spacial score (nSPS) is 12.8. The first-order valence-corrected chi connectivity index (χ1v) is 6.52. The molecule has 0 rings (SSSR count). The summed E-state index contributed by atoms with van der Waals surface area (Å²) in [5.41, 5.74) is 0. The summed E-state index contributed by atoms with van der Waals surface area (Å²) in [6.45, 7) is 9.68. The molecule has 0 N–H and O–H groups in total. The van der Waals surface area contributed by atoms with Crippen LogP contribution in [-0.2, 0) is 0 Å². The van der Waals surface area contributed by atoms with E-state index in [1.54, 1.807) is 0 Å². The topological polar surface area (TPSA) is 3.24 Å². The second-order valence-electron chi connectivity index (χ2n) is 3.86. The highest BCUT2D eigenvalue weighted by Gasteiger charge is 1.96. The van der Waals surface area contributed by atoms with Crippen LogP contribution >= 0.6 is 0 Å². The zero-order valence-electron chi connectivity index (χ0n) is 11.2. The van der Waals surface area contributed by atoms with Crippen molar-refractivity contribution in [3.8, 4) is 0 Å². The van der Waals surface area contributed by atoms with Gasteiger partial charge in [-0.1, -0.05) is 57.2 Å². The lowest BCUT2D eigenvalue weighted by molar-refractivity contribution is 0.371. The fourth-order valence-corrected chi connectivity index (χ4v) is 1.39. The van der Waals surface area contributed by atoms with Gasteiger partial charge in [-0.05, 0) is 19.3 Å². The molecule has 0 aromatic carbocycles. The molecule has 0 aromatic heterocycles. The third kappa shape index (κ3) is 9.72. The Morgan fingerprint density at radius 1 is 0.562 bits per heavy atom. The predicted octanol–water partition coefficient (Wildman–Crippen LogP) is 4.19. The molecular weight excluding hydrogens is 194 g/mol. The Labute approximate surface area is 102 Å². The second kappa shape index (κ2) is 12.3. The van der Waals surface area contributed by atoms with Crippen LogP contribution in [0.2, 0.25) is 0 Å². The second-order valence-corrected chi connectivity index (χ2v) is 3.86. The summed E-state index contributed by atoms with van der Waals surface area (Å²) in [6.07, 6.45) is 16.9. The minimum atomic E-state index is 1.05. The maximum absolute atomic E-state index is 2.44. The lowest BCUT2D eigenvalue weighted by atomic mass is 10.3. The average Bonchev–Trinajstić information content (AvgIpc) is 2.29. The number of rotatable bonds is 9. The van der Waals surface area contributed by atoms with E-state index in [9.17, 15) is 0 Å². The molecule has 0 aromatic rings. The van der Waals surface area contributed by atoms with Gasteiger partial charge >= 0.3 is 0 Å². The standard InChI is InChI=1S/C15H27N/c1-4-7-10-13-16(14-11-8-5-2)15-12-9-6-3/h7-12H,4-6,13-15H2,1-3H3/b10-7+,11-8+,12-9+. The average molecular weight is 221 g/mol. The molecule has 0 amide bonds. The molecule has 0 aliphatic carbocycles. The minimum Gasteiger partial charge on any atom is -0.292 e. The summed E-state index contributed by atoms with van der Waals surface area (Å²) in [4.78, 5) is 2.44. The Hall–Kier alpha value is -0.820. The van der Waals surface area contributed by atoms with Crippen LogP contribution in [0.5, 0.6) is 0 Å². The Morgan fingerprint density at radius 3 is 1.12 bits per heavy atom. The van der Waals surface area contributed by atoms with E-state index in [0.29, 0.717) is 0 Å². The molecule has 0 aliphatic rings. The number of nitrogens with zero attached hydrogens (tertiary/aromatic N) is 1. The lowest BCUT2D eigenvalue weighted by Crippen LogP contribution is -2.24. The highest BCUT2D eigenvalue weighted by molar-refractivity contribution is 4.92. The largest absolute Gasteiger partial charge is 0.292 e. The molecule has 0 heterocycles. The van der Waals surface area contributed by atoms with Gasteiger partial charge in [0.1, 0.15) is 0 Å². The first kappa shape index (κ1) is 15.2. The van der Waals surface area contributed by atoms with E-state index in [1.807, 2.05) is 0 Å². The zero-order chi connectivity index (χ0) is 12.1. The van der Waals surface area contributed by atoms with Gasteiger partial charge in [-0.3, -0.25) is 4.90 Å². The van der Waals surface area contributed by atoms with Crippen LogP contribution in [0.25, 0.3) is 0 Å². The van der Waals surface area contributed by atoms with Crippen LogP contribution in [0.4, 0.5) is 0 Å². The van der Waals surface area contributed by atoms with Crippen molar-refractivity contribution in [1.82, 2.24) is 4.90 Å². The molecule has 0 saturated carbocycles. The third-order valence-electron chi connectivity index (χ3n) is 2.30. The summed E-state index contributed by atoms with van der Waals surface area (Å²) >= 11 is 0. The van der Waals surface area contributed by atoms with Crippen LogP contribution in [0.1, 0.15) is 40.0 Å². The maximum Gasteiger partial charge on any atom is 0.0169 e. The van der Waals surface area contributed by atoms with Crippen molar-refractivity contribution in [1.29, 1.82) is 0 Å². The van der Waals surface area contributed by atoms with E-state index in [1.165, 1.54) is 0 Å². The van der Waals surface area contributed by atoms with Crippen LogP contribution in [0.3, 0.4) is 0 Å². The van der Waals surface area contributed by atoms with Crippen molar-refractivity contribution in [2.75, 3.05) is 19.6 Å². The van der Waals surface area contributed by atoms with E-state index < -0.39 is 0 Å². The number of allylic oxidation sites excluding steroid dienone is 3. The van der Waals surface area contributed by atoms with Gasteiger partial charge in [0.2, 0.25) is 0 Å². The van der Waals surface area contributed by atoms with Crippen molar-refractivity contribution < 1.29 is 0 Å². The fourth-order valence-electron chi connectivity index (χ4n) is 1.39. The summed E-state index contributed by atoms with van der Waals surface area (Å²) < 4.78 is 0. The quantitative estimate of drug-likeness (QED) is 0.528. The van der Waals surface area contributed by atoms with Crippen LogP contribution in [-0.4, -0.2) is 24.5 Å². The van der Waals surface area contributed by atoms with Crippen molar-refractivity contribution >= 4 is 0 Å². The molecule has 0 unspecified atom stereocenters. The summed E-state index contributed by atoms with van der Waals surface area (Å²) in [5.74, 6) is 0. The van der Waals surface area contributed by atoms with Gasteiger partial charge in [0.25, 0.3) is 0 Å². The molecule has 1 nitrogen and oxygen atoms in total. The Balaban J connectivity index is 3.99. The van der Waals surface area contributed by atoms with Gasteiger partial charge in [-0.25, -0.2) is 0 Å². The van der Waals surface area contributed by atoms with Gasteiger partial charge in [-0.2, -0.15) is 0 Å². The molecule has 0 fully saturated rings. The minimum absolute atomic E-state index is 1.05. The van der Waals surface area contributed by atoms with Crippen molar-refractivity contribution in [3.63, 3.8) is 0 Å². The van der Waals surface area contributed by atoms with Gasteiger partial charge in [0.15, 0.2) is 0 Å². The van der Waals surface area contributed by atoms with E-state index >= 15 is 0 Å². The van der Waals surface area contributed by atoms with E-state index in [-0.39, 0.29) is 0 Å². The van der Waals surface area contributed by atoms with Crippen LogP contribution < -0.4 is 0 Å². The highest BCUT2D eigenvalue weighted by atomic mass is 15.1. The molecule has 0 saturated heterocycles. The van der Waals surface area contributed by atoms with Crippen molar-refractivity contribution in [2.24, 2.45) is 0 Å². The van der Waals surface area contributed by atoms with Gasteiger partial charge in [0, 0.05) is 19.6 Å². The maximum atomic E-state index is 2.44. The fraction of sp³-hybridized carbons (Fsp3) is 0.600. The SMILES string of the molecule is CC/C=C/CN(C/C=C/CC)C/C=C/CC. The van der Waals surface area contributed by atoms with Crippen molar-refractivity contribution in [3.05, 3.63) is 36.5 Å². The molecule has 92 valence electrons. The molecule has 0 spiro atoms. The lowest BCUT2D eigenvalue weighted by Gasteiger charge is -2.16. The van der Waals surface area contributed by atoms with E-state index in [4.69, 9.17) is 0 Å². The summed E-state index contributed by atoms with van der Waals surface area (Å²) in [5, 5.41) is 0. The number of hydrogen-bond donors (Lipinski definition) is 0. The molecule has 16 heavy (non-hydrogen) atoms. The van der Waals surface area contributed by atoms with Crippen molar-refractivity contribution in [2.45, 2.75) is 40.0 Å². The predicted molar refractivity (Wildman–Crippen MR) is 74.7 cm³/mol. The van der Waals surface area contributed by atoms with E-state index in [0.717, 1.165) is 38.9 Å². The van der Waals surface area contributed by atoms with Gasteiger partial charge in [0.05, 0.1) is 0 Å². The first-order valence-electron chi connectivity index (χ1n) is 6.52. The molecule has 0 atom stereocenters. The first-order chi connectivity index (χ1) is 7.85. The molecule has 0 radical (unpaired) electrons. The van der Waals surface area contributed by atoms with E-state index in [2.05, 4.69) is 62.1 Å². The molecule has 0 bridgehead atoms. The molecular formula is C15H27N. The monoisotopic (exact) mass is 221 g/mol. The zero-order valence-corrected chi connectivity index (χ0v) is 11.2. The highest BCUT2D eigenvalue weighted by Crippen LogP contribution is 1.94. The Bertz CT molecular complexity index is 175. The van der Waals surface area contributed by atoms with Gasteiger partial charge < -0.3 is 0 Å². The Kier molecular flexibility index (Phi) is 11.6. The smallest absolute Gasteiger partial charge is 0.0169 e. The van der Waals surface area contributed by atoms with Gasteiger partial charge in [-0.15, -0.1) is 0 Å². The Morgan fingerprint density at radius 2 is 0.875 bits per heavy atom. The molecule has 0 aliphatic heterocycles. The third-order valence-corrected chi connectivity index (χ3v) is 2.30. The summed E-state index contributed by atoms with van der Waals surface area (Å²) in [7, 11) is 0. The number of hydrogen-bond acceptors (Lipinski definition) is 1.